The molecule has 0 spiro atoms. The minimum Gasteiger partial charge on any atom is -0.480 e. The van der Waals surface area contributed by atoms with Crippen molar-refractivity contribution in [3.63, 3.8) is 0 Å². The monoisotopic (exact) mass is 203 g/mol. The molecule has 1 rings (SSSR count). The number of hydrogen-bond acceptors (Lipinski definition) is 4. The first-order valence-corrected chi connectivity index (χ1v) is 4.34. The average molecular weight is 203 g/mol. The second kappa shape index (κ2) is 3.78. The van der Waals surface area contributed by atoms with Crippen LogP contribution in [0.5, 0.6) is 0 Å². The maximum atomic E-state index is 11.1. The highest BCUT2D eigenvalue weighted by Crippen LogP contribution is 2.12. The fraction of sp³-hybridized carbons (Fsp3) is 0.571. The molecule has 72 valence electrons. The zero-order chi connectivity index (χ0) is 10.0. The molecule has 0 aromatic heterocycles. The zero-order valence-corrected chi connectivity index (χ0v) is 7.66. The zero-order valence-electron chi connectivity index (χ0n) is 6.77. The molecule has 0 saturated carbocycles. The van der Waals surface area contributed by atoms with Crippen molar-refractivity contribution in [3.8, 4) is 0 Å². The largest absolute Gasteiger partial charge is 0.480 e. The Bertz CT molecular complexity index is 265. The number of Topliss-reactive ketones (excluding diaryl/α,β-unsaturated/α-hetero) is 1. The molecule has 1 N–H and O–H groups in total. The van der Waals surface area contributed by atoms with Gasteiger partial charge >= 0.3 is 5.97 Å². The number of amides is 1. The highest BCUT2D eigenvalue weighted by Gasteiger charge is 2.35. The van der Waals surface area contributed by atoms with E-state index in [9.17, 15) is 14.4 Å². The Kier molecular flexibility index (Phi) is 2.92. The van der Waals surface area contributed by atoms with Crippen LogP contribution in [0, 0.1) is 0 Å². The Hall–Kier alpha value is -1.04. The van der Waals surface area contributed by atoms with E-state index in [1.165, 1.54) is 0 Å². The van der Waals surface area contributed by atoms with Gasteiger partial charge in [0, 0.05) is 5.75 Å². The van der Waals surface area contributed by atoms with Gasteiger partial charge in [0.05, 0.1) is 13.0 Å². The van der Waals surface area contributed by atoms with E-state index in [-0.39, 0.29) is 24.5 Å². The molecular weight excluding hydrogens is 194 g/mol. The van der Waals surface area contributed by atoms with Crippen LogP contribution in [0.15, 0.2) is 0 Å². The van der Waals surface area contributed by atoms with E-state index >= 15 is 0 Å². The molecule has 0 aliphatic carbocycles. The molecule has 0 radical (unpaired) electrons. The van der Waals surface area contributed by atoms with Crippen molar-refractivity contribution in [2.24, 2.45) is 0 Å². The van der Waals surface area contributed by atoms with E-state index in [4.69, 9.17) is 5.11 Å². The van der Waals surface area contributed by atoms with Crippen molar-refractivity contribution in [2.45, 2.75) is 12.5 Å². The summed E-state index contributed by atoms with van der Waals surface area (Å²) in [6.07, 6.45) is -0.183. The van der Waals surface area contributed by atoms with Crippen molar-refractivity contribution >= 4 is 30.3 Å². The normalized spacial score (nSPS) is 19.3. The van der Waals surface area contributed by atoms with Crippen LogP contribution in [0.1, 0.15) is 6.42 Å². The van der Waals surface area contributed by atoms with Gasteiger partial charge < -0.3 is 10.0 Å². The Balaban J connectivity index is 2.75. The number of carbonyl (C=O) groups excluding carboxylic acids is 2. The van der Waals surface area contributed by atoms with Crippen molar-refractivity contribution < 1.29 is 19.5 Å². The van der Waals surface area contributed by atoms with Gasteiger partial charge in [0.2, 0.25) is 5.91 Å². The second-order valence-electron chi connectivity index (χ2n) is 2.77. The molecule has 1 heterocycles. The van der Waals surface area contributed by atoms with Crippen LogP contribution in [-0.4, -0.2) is 46.0 Å². The third-order valence-corrected chi connectivity index (χ3v) is 2.20. The minimum absolute atomic E-state index is 0.0222. The standard InChI is InChI=1S/C7H9NO4S/c9-4-1-6(10)8(2-4)5(3-13)7(11)12/h5,13H,1-3H2,(H,11,12). The Morgan fingerprint density at radius 3 is 2.54 bits per heavy atom. The summed E-state index contributed by atoms with van der Waals surface area (Å²) >= 11 is 3.81. The van der Waals surface area contributed by atoms with Crippen molar-refractivity contribution in [1.82, 2.24) is 4.90 Å². The minimum atomic E-state index is -1.13. The van der Waals surface area contributed by atoms with E-state index in [0.29, 0.717) is 0 Å². The number of nitrogens with zero attached hydrogens (tertiary/aromatic N) is 1. The summed E-state index contributed by atoms with van der Waals surface area (Å²) < 4.78 is 0. The van der Waals surface area contributed by atoms with Crippen LogP contribution in [0.2, 0.25) is 0 Å². The molecule has 1 unspecified atom stereocenters. The quantitative estimate of drug-likeness (QED) is 0.464. The maximum Gasteiger partial charge on any atom is 0.327 e. The SMILES string of the molecule is O=C1CC(=O)N(C(CS)C(=O)O)C1. The molecule has 1 aliphatic heterocycles. The fourth-order valence-corrected chi connectivity index (χ4v) is 1.55. The van der Waals surface area contributed by atoms with Gasteiger partial charge in [-0.1, -0.05) is 0 Å². The van der Waals surface area contributed by atoms with Gasteiger partial charge in [-0.15, -0.1) is 0 Å². The van der Waals surface area contributed by atoms with E-state index in [1.807, 2.05) is 0 Å². The van der Waals surface area contributed by atoms with Gasteiger partial charge in [0.15, 0.2) is 5.78 Å². The lowest BCUT2D eigenvalue weighted by atomic mass is 10.3. The fourth-order valence-electron chi connectivity index (χ4n) is 1.20. The van der Waals surface area contributed by atoms with E-state index in [0.717, 1.165) is 4.90 Å². The highest BCUT2D eigenvalue weighted by atomic mass is 32.1. The van der Waals surface area contributed by atoms with E-state index in [2.05, 4.69) is 12.6 Å². The van der Waals surface area contributed by atoms with Crippen LogP contribution < -0.4 is 0 Å². The van der Waals surface area contributed by atoms with Crippen molar-refractivity contribution in [3.05, 3.63) is 0 Å². The average Bonchev–Trinajstić information content (AvgIpc) is 2.31. The summed E-state index contributed by atoms with van der Waals surface area (Å²) in [7, 11) is 0. The molecular formula is C7H9NO4S. The molecule has 13 heavy (non-hydrogen) atoms. The van der Waals surface area contributed by atoms with Crippen LogP contribution in [0.4, 0.5) is 0 Å². The third kappa shape index (κ3) is 2.00. The van der Waals surface area contributed by atoms with E-state index in [1.54, 1.807) is 0 Å². The number of carbonyl (C=O) groups is 3. The summed E-state index contributed by atoms with van der Waals surface area (Å²) in [6.45, 7) is -0.101. The Labute approximate surface area is 80.1 Å². The van der Waals surface area contributed by atoms with Gasteiger partial charge in [0.25, 0.3) is 0 Å². The number of thiol groups is 1. The van der Waals surface area contributed by atoms with Crippen molar-refractivity contribution in [2.75, 3.05) is 12.3 Å². The molecule has 0 aromatic carbocycles. The topological polar surface area (TPSA) is 74.7 Å². The molecule has 1 fully saturated rings. The first-order chi connectivity index (χ1) is 6.06. The summed E-state index contributed by atoms with van der Waals surface area (Å²) in [6, 6.07) is -0.984. The maximum absolute atomic E-state index is 11.1. The number of rotatable bonds is 3. The lowest BCUT2D eigenvalue weighted by molar-refractivity contribution is -0.147. The summed E-state index contributed by atoms with van der Waals surface area (Å²) in [5.74, 6) is -1.77. The second-order valence-corrected chi connectivity index (χ2v) is 3.14. The lowest BCUT2D eigenvalue weighted by Crippen LogP contribution is -2.43. The summed E-state index contributed by atoms with van der Waals surface area (Å²) in [5.41, 5.74) is 0. The summed E-state index contributed by atoms with van der Waals surface area (Å²) in [5, 5.41) is 8.68. The van der Waals surface area contributed by atoms with Crippen LogP contribution in [0.3, 0.4) is 0 Å². The molecule has 1 atom stereocenters. The predicted octanol–water partition coefficient (Wildman–Crippen LogP) is -0.829. The molecule has 0 bridgehead atoms. The Morgan fingerprint density at radius 1 is 1.62 bits per heavy atom. The van der Waals surface area contributed by atoms with Gasteiger partial charge in [-0.2, -0.15) is 12.6 Å². The number of carboxylic acids is 1. The number of ketones is 1. The van der Waals surface area contributed by atoms with Gasteiger partial charge in [-0.3, -0.25) is 9.59 Å². The predicted molar refractivity (Wildman–Crippen MR) is 46.6 cm³/mol. The number of hydrogen-bond donors (Lipinski definition) is 2. The van der Waals surface area contributed by atoms with Gasteiger partial charge in [-0.05, 0) is 0 Å². The molecule has 6 heteroatoms. The van der Waals surface area contributed by atoms with Crippen LogP contribution in [-0.2, 0) is 14.4 Å². The number of aliphatic carboxylic acids is 1. The Morgan fingerprint density at radius 2 is 2.23 bits per heavy atom. The van der Waals surface area contributed by atoms with Crippen molar-refractivity contribution in [1.29, 1.82) is 0 Å². The van der Waals surface area contributed by atoms with Gasteiger partial charge in [0.1, 0.15) is 6.04 Å². The molecule has 1 saturated heterocycles. The number of carboxylic acid groups (broad SMARTS) is 1. The lowest BCUT2D eigenvalue weighted by Gasteiger charge is -2.21. The summed E-state index contributed by atoms with van der Waals surface area (Å²) in [4.78, 5) is 33.6. The first-order valence-electron chi connectivity index (χ1n) is 3.71. The number of likely N-dealkylation sites (tertiary alicyclic amines) is 1. The smallest absolute Gasteiger partial charge is 0.327 e. The van der Waals surface area contributed by atoms with E-state index < -0.39 is 17.9 Å². The van der Waals surface area contributed by atoms with Crippen LogP contribution in [0.25, 0.3) is 0 Å². The van der Waals surface area contributed by atoms with Crippen LogP contribution >= 0.6 is 12.6 Å². The first kappa shape index (κ1) is 10.0. The molecule has 0 aromatic rings. The van der Waals surface area contributed by atoms with Gasteiger partial charge in [-0.25, -0.2) is 4.79 Å². The third-order valence-electron chi connectivity index (χ3n) is 1.85. The highest BCUT2D eigenvalue weighted by molar-refractivity contribution is 7.80. The molecule has 5 nitrogen and oxygen atoms in total. The molecule has 1 amide bonds. The molecule has 1 aliphatic rings.